The molecule has 2 unspecified atom stereocenters. The maximum absolute atomic E-state index is 6.11. The monoisotopic (exact) mass is 323 g/mol. The molecule has 0 spiro atoms. The fourth-order valence-electron chi connectivity index (χ4n) is 1.29. The van der Waals surface area contributed by atoms with Crippen LogP contribution in [0.5, 0.6) is 0 Å². The van der Waals surface area contributed by atoms with Crippen LogP contribution in [0.25, 0.3) is 0 Å². The van der Waals surface area contributed by atoms with Crippen molar-refractivity contribution in [3.05, 3.63) is 33.8 Å². The van der Waals surface area contributed by atoms with E-state index in [0.717, 1.165) is 17.4 Å². The van der Waals surface area contributed by atoms with E-state index in [1.165, 1.54) is 0 Å². The summed E-state index contributed by atoms with van der Waals surface area (Å²) in [6.07, 6.45) is 0. The normalized spacial score (nSPS) is 14.8. The average Bonchev–Trinajstić information content (AvgIpc) is 2.29. The van der Waals surface area contributed by atoms with E-state index in [0.29, 0.717) is 22.0 Å². The second-order valence-corrected chi connectivity index (χ2v) is 5.45. The first kappa shape index (κ1) is 14.3. The van der Waals surface area contributed by atoms with Gasteiger partial charge in [-0.3, -0.25) is 0 Å². The highest BCUT2D eigenvalue weighted by molar-refractivity contribution is 9.09. The van der Waals surface area contributed by atoms with Gasteiger partial charge in [-0.25, -0.2) is 0 Å². The predicted molar refractivity (Wildman–Crippen MR) is 75.7 cm³/mol. The Hall–Kier alpha value is 0.240. The SMILES string of the molecule is CC(CBr)C(C)NCc1cccc(Cl)c1Cl. The third kappa shape index (κ3) is 3.92. The number of benzene rings is 1. The molecule has 1 aromatic carbocycles. The highest BCUT2D eigenvalue weighted by Gasteiger charge is 2.11. The first-order valence-electron chi connectivity index (χ1n) is 5.28. The van der Waals surface area contributed by atoms with Crippen LogP contribution in [0.3, 0.4) is 0 Å². The van der Waals surface area contributed by atoms with Gasteiger partial charge < -0.3 is 5.32 Å². The fraction of sp³-hybridized carbons (Fsp3) is 0.500. The number of halogens is 3. The van der Waals surface area contributed by atoms with E-state index in [-0.39, 0.29) is 0 Å². The minimum absolute atomic E-state index is 0.439. The molecule has 1 aromatic rings. The first-order valence-corrected chi connectivity index (χ1v) is 7.16. The molecule has 1 nitrogen and oxygen atoms in total. The minimum Gasteiger partial charge on any atom is -0.310 e. The largest absolute Gasteiger partial charge is 0.310 e. The summed E-state index contributed by atoms with van der Waals surface area (Å²) in [4.78, 5) is 0. The second-order valence-electron chi connectivity index (χ2n) is 4.01. The standard InChI is InChI=1S/C12H16BrCl2N/c1-8(6-13)9(2)16-7-10-4-3-5-11(14)12(10)15/h3-5,8-9,16H,6-7H2,1-2H3. The van der Waals surface area contributed by atoms with Crippen molar-refractivity contribution < 1.29 is 0 Å². The molecular weight excluding hydrogens is 309 g/mol. The van der Waals surface area contributed by atoms with Crippen LogP contribution in [-0.2, 0) is 6.54 Å². The van der Waals surface area contributed by atoms with Crippen molar-refractivity contribution in [2.24, 2.45) is 5.92 Å². The van der Waals surface area contributed by atoms with Gasteiger partial charge in [0.05, 0.1) is 10.0 Å². The van der Waals surface area contributed by atoms with Gasteiger partial charge in [0, 0.05) is 17.9 Å². The summed E-state index contributed by atoms with van der Waals surface area (Å²) in [5.74, 6) is 0.581. The molecule has 0 radical (unpaired) electrons. The number of hydrogen-bond donors (Lipinski definition) is 1. The van der Waals surface area contributed by atoms with Gasteiger partial charge >= 0.3 is 0 Å². The maximum Gasteiger partial charge on any atom is 0.0637 e. The van der Waals surface area contributed by atoms with Crippen molar-refractivity contribution in [1.29, 1.82) is 0 Å². The van der Waals surface area contributed by atoms with Crippen molar-refractivity contribution >= 4 is 39.1 Å². The Balaban J connectivity index is 2.58. The quantitative estimate of drug-likeness (QED) is 0.786. The van der Waals surface area contributed by atoms with E-state index < -0.39 is 0 Å². The van der Waals surface area contributed by atoms with Gasteiger partial charge in [0.25, 0.3) is 0 Å². The number of rotatable bonds is 5. The Kier molecular flexibility index (Phi) is 6.12. The van der Waals surface area contributed by atoms with E-state index in [1.54, 1.807) is 6.07 Å². The summed E-state index contributed by atoms with van der Waals surface area (Å²) in [6, 6.07) is 6.16. The molecule has 0 aliphatic heterocycles. The topological polar surface area (TPSA) is 12.0 Å². The highest BCUT2D eigenvalue weighted by Crippen LogP contribution is 2.25. The third-order valence-electron chi connectivity index (χ3n) is 2.74. The van der Waals surface area contributed by atoms with Crippen LogP contribution in [0, 0.1) is 5.92 Å². The van der Waals surface area contributed by atoms with Crippen molar-refractivity contribution in [3.8, 4) is 0 Å². The van der Waals surface area contributed by atoms with E-state index in [2.05, 4.69) is 35.1 Å². The maximum atomic E-state index is 6.11. The Bertz CT molecular complexity index is 344. The van der Waals surface area contributed by atoms with Crippen molar-refractivity contribution in [1.82, 2.24) is 5.32 Å². The molecule has 0 aliphatic rings. The van der Waals surface area contributed by atoms with Crippen molar-refractivity contribution in [2.45, 2.75) is 26.4 Å². The second kappa shape index (κ2) is 6.85. The van der Waals surface area contributed by atoms with Crippen LogP contribution in [-0.4, -0.2) is 11.4 Å². The Labute approximate surface area is 116 Å². The highest BCUT2D eigenvalue weighted by atomic mass is 79.9. The zero-order valence-corrected chi connectivity index (χ0v) is 12.5. The molecule has 0 fully saturated rings. The van der Waals surface area contributed by atoms with E-state index in [9.17, 15) is 0 Å². The lowest BCUT2D eigenvalue weighted by Crippen LogP contribution is -2.32. The molecule has 0 aliphatic carbocycles. The minimum atomic E-state index is 0.439. The van der Waals surface area contributed by atoms with Crippen LogP contribution in [0.15, 0.2) is 18.2 Å². The molecule has 0 saturated heterocycles. The van der Waals surface area contributed by atoms with Gasteiger partial charge in [0.15, 0.2) is 0 Å². The van der Waals surface area contributed by atoms with Crippen LogP contribution in [0.1, 0.15) is 19.4 Å². The van der Waals surface area contributed by atoms with E-state index in [4.69, 9.17) is 23.2 Å². The molecular formula is C12H16BrCl2N. The number of alkyl halides is 1. The molecule has 90 valence electrons. The van der Waals surface area contributed by atoms with Gasteiger partial charge in [0.2, 0.25) is 0 Å². The van der Waals surface area contributed by atoms with Crippen molar-refractivity contribution in [3.63, 3.8) is 0 Å². The summed E-state index contributed by atoms with van der Waals surface area (Å²) in [5.41, 5.74) is 1.04. The first-order chi connectivity index (χ1) is 7.56. The van der Waals surface area contributed by atoms with Gasteiger partial charge in [-0.1, -0.05) is 58.2 Å². The van der Waals surface area contributed by atoms with Crippen molar-refractivity contribution in [2.75, 3.05) is 5.33 Å². The molecule has 0 saturated carbocycles. The molecule has 16 heavy (non-hydrogen) atoms. The molecule has 1 rings (SSSR count). The molecule has 4 heteroatoms. The molecule has 0 aromatic heterocycles. The lowest BCUT2D eigenvalue weighted by molar-refractivity contribution is 0.433. The smallest absolute Gasteiger partial charge is 0.0637 e. The van der Waals surface area contributed by atoms with Gasteiger partial charge in [-0.05, 0) is 24.5 Å². The van der Waals surface area contributed by atoms with Gasteiger partial charge in [-0.2, -0.15) is 0 Å². The van der Waals surface area contributed by atoms with Crippen LogP contribution < -0.4 is 5.32 Å². The van der Waals surface area contributed by atoms with Crippen LogP contribution in [0.4, 0.5) is 0 Å². The third-order valence-corrected chi connectivity index (χ3v) is 4.62. The molecule has 2 atom stereocenters. The lowest BCUT2D eigenvalue weighted by Gasteiger charge is -2.19. The Morgan fingerprint density at radius 1 is 1.31 bits per heavy atom. The summed E-state index contributed by atoms with van der Waals surface area (Å²) in [7, 11) is 0. The van der Waals surface area contributed by atoms with Crippen LogP contribution in [0.2, 0.25) is 10.0 Å². The fourth-order valence-corrected chi connectivity index (χ4v) is 2.24. The number of hydrogen-bond acceptors (Lipinski definition) is 1. The Morgan fingerprint density at radius 2 is 2.00 bits per heavy atom. The molecule has 0 bridgehead atoms. The molecule has 0 heterocycles. The zero-order valence-electron chi connectivity index (χ0n) is 9.43. The Morgan fingerprint density at radius 3 is 2.62 bits per heavy atom. The summed E-state index contributed by atoms with van der Waals surface area (Å²) < 4.78 is 0. The van der Waals surface area contributed by atoms with Gasteiger partial charge in [0.1, 0.15) is 0 Å². The molecule has 1 N–H and O–H groups in total. The van der Waals surface area contributed by atoms with Gasteiger partial charge in [-0.15, -0.1) is 0 Å². The molecule has 0 amide bonds. The van der Waals surface area contributed by atoms with E-state index >= 15 is 0 Å². The lowest BCUT2D eigenvalue weighted by atomic mass is 10.1. The number of nitrogens with one attached hydrogen (secondary N) is 1. The summed E-state index contributed by atoms with van der Waals surface area (Å²) >= 11 is 15.5. The summed E-state index contributed by atoms with van der Waals surface area (Å²) in [6.45, 7) is 5.12. The zero-order chi connectivity index (χ0) is 12.1. The predicted octanol–water partition coefficient (Wildman–Crippen LogP) is 4.50. The van der Waals surface area contributed by atoms with Crippen LogP contribution >= 0.6 is 39.1 Å². The van der Waals surface area contributed by atoms with E-state index in [1.807, 2.05) is 12.1 Å². The summed E-state index contributed by atoms with van der Waals surface area (Å²) in [5, 5.41) is 5.70. The average molecular weight is 325 g/mol.